The van der Waals surface area contributed by atoms with Crippen LogP contribution in [0.2, 0.25) is 0 Å². The molecule has 0 aliphatic rings. The van der Waals surface area contributed by atoms with E-state index in [9.17, 15) is 44.7 Å². The van der Waals surface area contributed by atoms with Crippen LogP contribution in [0, 0.1) is 0 Å². The third-order valence-corrected chi connectivity index (χ3v) is 3.21. The van der Waals surface area contributed by atoms with Gasteiger partial charge in [0.1, 0.15) is 24.4 Å². The van der Waals surface area contributed by atoms with Gasteiger partial charge in [-0.2, -0.15) is 0 Å². The Bertz CT molecular complexity index is 561. The molecule has 4 unspecified atom stereocenters. The minimum Gasteiger partial charge on any atom is -0.479 e. The summed E-state index contributed by atoms with van der Waals surface area (Å²) in [7, 11) is 0. The van der Waals surface area contributed by atoms with Gasteiger partial charge in [0.2, 0.25) is 6.10 Å². The number of aliphatic hydroxyl groups is 7. The molecule has 0 aromatic heterocycles. The summed E-state index contributed by atoms with van der Waals surface area (Å²) >= 11 is 0. The fourth-order valence-electron chi connectivity index (χ4n) is 1.63. The zero-order chi connectivity index (χ0) is 21.6. The molecule has 15 heteroatoms. The summed E-state index contributed by atoms with van der Waals surface area (Å²) in [6.45, 7) is 0. The van der Waals surface area contributed by atoms with E-state index in [1.807, 2.05) is 0 Å². The molecule has 0 aromatic carbocycles. The molecule has 15 nitrogen and oxygen atoms in total. The number of hydrogen-bond donors (Lipinski definition) is 10. The second-order valence-electron chi connectivity index (χ2n) is 5.17. The van der Waals surface area contributed by atoms with Gasteiger partial charge in [-0.3, -0.25) is 0 Å². The van der Waals surface area contributed by atoms with E-state index in [2.05, 4.69) is 4.74 Å². The maximum Gasteiger partial charge on any atom is 0.347 e. The minimum atomic E-state index is -2.82. The van der Waals surface area contributed by atoms with Crippen molar-refractivity contribution in [1.82, 2.24) is 0 Å². The summed E-state index contributed by atoms with van der Waals surface area (Å²) in [5.74, 6) is -8.31. The molecule has 0 aromatic rings. The van der Waals surface area contributed by atoms with Crippen LogP contribution in [-0.2, 0) is 23.9 Å². The van der Waals surface area contributed by atoms with Crippen LogP contribution in [0.5, 0.6) is 0 Å². The molecule has 0 aliphatic carbocycles. The molecule has 27 heavy (non-hydrogen) atoms. The highest BCUT2D eigenvalue weighted by Gasteiger charge is 2.44. The number of carboxylic acids is 3. The molecule has 0 spiro atoms. The Morgan fingerprint density at radius 1 is 0.519 bits per heavy atom. The molecular formula is C12H18O15. The summed E-state index contributed by atoms with van der Waals surface area (Å²) in [6, 6.07) is 0. The first kappa shape index (κ1) is 24.6. The van der Waals surface area contributed by atoms with Gasteiger partial charge in [-0.15, -0.1) is 0 Å². The Kier molecular flexibility index (Phi) is 9.17. The van der Waals surface area contributed by atoms with Crippen molar-refractivity contribution in [3.8, 4) is 0 Å². The van der Waals surface area contributed by atoms with Crippen LogP contribution in [0.15, 0.2) is 0 Å². The SMILES string of the molecule is O=C(O)C(O)C(O)C(O)C(OC(=O)[C@H](O)[C@@H](O)[C@H](O)[C@H](O)C(=O)O)C(=O)O. The van der Waals surface area contributed by atoms with Gasteiger partial charge in [0.25, 0.3) is 0 Å². The molecule has 8 atom stereocenters. The maximum atomic E-state index is 11.6. The van der Waals surface area contributed by atoms with Crippen LogP contribution in [0.25, 0.3) is 0 Å². The minimum absolute atomic E-state index is 2.04. The number of esters is 1. The Morgan fingerprint density at radius 3 is 1.19 bits per heavy atom. The largest absolute Gasteiger partial charge is 0.479 e. The molecule has 156 valence electrons. The quantitative estimate of drug-likeness (QED) is 0.144. The molecule has 0 radical (unpaired) electrons. The molecule has 0 aliphatic heterocycles. The average Bonchev–Trinajstić information content (AvgIpc) is 2.60. The highest BCUT2D eigenvalue weighted by molar-refractivity contribution is 5.81. The number of rotatable bonds is 11. The number of hydrogen-bond acceptors (Lipinski definition) is 12. The predicted octanol–water partition coefficient (Wildman–Crippen LogP) is -6.32. The lowest BCUT2D eigenvalue weighted by Crippen LogP contribution is -2.54. The monoisotopic (exact) mass is 402 g/mol. The number of carboxylic acid groups (broad SMARTS) is 3. The normalized spacial score (nSPS) is 20.3. The first-order valence-corrected chi connectivity index (χ1v) is 6.89. The highest BCUT2D eigenvalue weighted by atomic mass is 16.6. The number of ether oxygens (including phenoxy) is 1. The molecule has 0 rings (SSSR count). The lowest BCUT2D eigenvalue weighted by atomic mass is 10.0. The van der Waals surface area contributed by atoms with Gasteiger partial charge in [0, 0.05) is 0 Å². The second kappa shape index (κ2) is 10.1. The van der Waals surface area contributed by atoms with Crippen LogP contribution in [0.4, 0.5) is 0 Å². The summed E-state index contributed by atoms with van der Waals surface area (Å²) in [5, 5.41) is 91.0. The van der Waals surface area contributed by atoms with Gasteiger partial charge >= 0.3 is 23.9 Å². The lowest BCUT2D eigenvalue weighted by Gasteiger charge is -2.27. The summed E-state index contributed by atoms with van der Waals surface area (Å²) < 4.78 is 4.10. The maximum absolute atomic E-state index is 11.6. The summed E-state index contributed by atoms with van der Waals surface area (Å²) in [6.07, 6.45) is -21.5. The van der Waals surface area contributed by atoms with E-state index in [4.69, 9.17) is 25.5 Å². The average molecular weight is 402 g/mol. The predicted molar refractivity (Wildman–Crippen MR) is 74.8 cm³/mol. The molecule has 0 bridgehead atoms. The smallest absolute Gasteiger partial charge is 0.347 e. The molecule has 0 amide bonds. The number of aliphatic hydroxyl groups excluding tert-OH is 7. The van der Waals surface area contributed by atoms with E-state index in [-0.39, 0.29) is 0 Å². The zero-order valence-corrected chi connectivity index (χ0v) is 13.1. The van der Waals surface area contributed by atoms with E-state index in [0.717, 1.165) is 0 Å². The Morgan fingerprint density at radius 2 is 0.852 bits per heavy atom. The molecule has 0 saturated heterocycles. The lowest BCUT2D eigenvalue weighted by molar-refractivity contribution is -0.196. The van der Waals surface area contributed by atoms with Gasteiger partial charge in [-0.25, -0.2) is 19.2 Å². The second-order valence-corrected chi connectivity index (χ2v) is 5.17. The molecule has 0 saturated carbocycles. The van der Waals surface area contributed by atoms with E-state index >= 15 is 0 Å². The summed E-state index contributed by atoms with van der Waals surface area (Å²) in [5.41, 5.74) is 0. The van der Waals surface area contributed by atoms with Crippen molar-refractivity contribution in [3.05, 3.63) is 0 Å². The number of carbonyl (C=O) groups is 4. The van der Waals surface area contributed by atoms with Crippen LogP contribution >= 0.6 is 0 Å². The van der Waals surface area contributed by atoms with E-state index in [1.54, 1.807) is 0 Å². The zero-order valence-electron chi connectivity index (χ0n) is 13.1. The molecule has 10 N–H and O–H groups in total. The molecule has 0 fully saturated rings. The third kappa shape index (κ3) is 6.36. The third-order valence-electron chi connectivity index (χ3n) is 3.21. The highest BCUT2D eigenvalue weighted by Crippen LogP contribution is 2.13. The Balaban J connectivity index is 5.25. The van der Waals surface area contributed by atoms with Gasteiger partial charge in [-0.1, -0.05) is 0 Å². The van der Waals surface area contributed by atoms with Crippen LogP contribution < -0.4 is 0 Å². The fourth-order valence-corrected chi connectivity index (χ4v) is 1.63. The van der Waals surface area contributed by atoms with Crippen molar-refractivity contribution in [2.24, 2.45) is 0 Å². The van der Waals surface area contributed by atoms with Gasteiger partial charge in [0.05, 0.1) is 0 Å². The van der Waals surface area contributed by atoms with E-state index < -0.39 is 72.7 Å². The van der Waals surface area contributed by atoms with Crippen LogP contribution in [0.1, 0.15) is 0 Å². The van der Waals surface area contributed by atoms with E-state index in [0.29, 0.717) is 0 Å². The molecule has 0 heterocycles. The first-order chi connectivity index (χ1) is 12.2. The number of carbonyl (C=O) groups excluding carboxylic acids is 1. The van der Waals surface area contributed by atoms with Crippen molar-refractivity contribution in [2.75, 3.05) is 0 Å². The Labute approximate surface area is 148 Å². The van der Waals surface area contributed by atoms with E-state index in [1.165, 1.54) is 0 Å². The fraction of sp³-hybridized carbons (Fsp3) is 0.667. The molecular weight excluding hydrogens is 384 g/mol. The van der Waals surface area contributed by atoms with Crippen molar-refractivity contribution in [1.29, 1.82) is 0 Å². The van der Waals surface area contributed by atoms with Crippen molar-refractivity contribution in [3.63, 3.8) is 0 Å². The van der Waals surface area contributed by atoms with Gasteiger partial charge < -0.3 is 55.8 Å². The number of aliphatic carboxylic acids is 3. The summed E-state index contributed by atoms with van der Waals surface area (Å²) in [4.78, 5) is 43.6. The van der Waals surface area contributed by atoms with Crippen LogP contribution in [-0.4, -0.2) is 124 Å². The van der Waals surface area contributed by atoms with Crippen molar-refractivity contribution >= 4 is 23.9 Å². The van der Waals surface area contributed by atoms with Gasteiger partial charge in [-0.05, 0) is 0 Å². The van der Waals surface area contributed by atoms with Crippen molar-refractivity contribution < 1.29 is 75.0 Å². The topological polar surface area (TPSA) is 280 Å². The standard InChI is InChI=1S/C12H18O15/c13-1(5(17)9(20)21)2(14)7(19)12(26)27-8(11(24)25)4(16)3(15)6(18)10(22)23/h1-8,13-19H,(H,20,21)(H,22,23)(H,24,25)/t1-,2-,3?,4?,5-,6?,7+,8?/m0/s1. The van der Waals surface area contributed by atoms with Crippen LogP contribution in [0.3, 0.4) is 0 Å². The van der Waals surface area contributed by atoms with Gasteiger partial charge in [0.15, 0.2) is 18.3 Å². The van der Waals surface area contributed by atoms with Crippen molar-refractivity contribution in [2.45, 2.75) is 48.8 Å². The Hall–Kier alpha value is -2.40. The first-order valence-electron chi connectivity index (χ1n) is 6.89.